The average molecular weight is 294 g/mol. The molecule has 2 fully saturated rings. The van der Waals surface area contributed by atoms with Crippen LogP contribution in [0.4, 0.5) is 4.79 Å². The molecule has 1 N–H and O–H groups in total. The summed E-state index contributed by atoms with van der Waals surface area (Å²) < 4.78 is 5.38. The van der Waals surface area contributed by atoms with E-state index in [1.54, 1.807) is 4.90 Å². The van der Waals surface area contributed by atoms with Gasteiger partial charge in [0, 0.05) is 31.6 Å². The Bertz CT molecular complexity index is 425. The van der Waals surface area contributed by atoms with E-state index in [0.717, 1.165) is 25.8 Å². The standard InChI is InChI=1S/C16H26N2O3/c1-16(2,3)21-15(20)18-10-5-13(6-11-18)4-8-17-9-7-14(19)12-17/h13-14,19H,5-7,9-12H2,1-3H3. The predicted molar refractivity (Wildman–Crippen MR) is 80.5 cm³/mol. The van der Waals surface area contributed by atoms with Crippen LogP contribution >= 0.6 is 0 Å². The second kappa shape index (κ2) is 6.57. The first-order valence-electron chi connectivity index (χ1n) is 7.75. The van der Waals surface area contributed by atoms with Gasteiger partial charge in [-0.3, -0.25) is 0 Å². The Morgan fingerprint density at radius 1 is 1.19 bits per heavy atom. The number of piperidine rings is 1. The maximum absolute atomic E-state index is 12.0. The van der Waals surface area contributed by atoms with E-state index in [1.165, 1.54) is 0 Å². The van der Waals surface area contributed by atoms with Crippen molar-refractivity contribution in [1.29, 1.82) is 0 Å². The van der Waals surface area contributed by atoms with Gasteiger partial charge in [0.05, 0.1) is 12.6 Å². The van der Waals surface area contributed by atoms with E-state index < -0.39 is 5.60 Å². The second-order valence-electron chi connectivity index (χ2n) is 6.89. The lowest BCUT2D eigenvalue weighted by Gasteiger charge is -2.31. The van der Waals surface area contributed by atoms with Crippen LogP contribution in [0, 0.1) is 17.9 Å². The van der Waals surface area contributed by atoms with E-state index in [-0.39, 0.29) is 12.2 Å². The molecule has 0 aromatic carbocycles. The summed E-state index contributed by atoms with van der Waals surface area (Å²) in [6.45, 7) is 8.57. The van der Waals surface area contributed by atoms with Gasteiger partial charge in [0.25, 0.3) is 0 Å². The van der Waals surface area contributed by atoms with Gasteiger partial charge in [0.15, 0.2) is 0 Å². The van der Waals surface area contributed by atoms with Crippen LogP contribution in [0.5, 0.6) is 0 Å². The topological polar surface area (TPSA) is 53.0 Å². The molecule has 0 aliphatic carbocycles. The smallest absolute Gasteiger partial charge is 0.410 e. The number of β-amino-alcohol motifs (C(OH)–C–C–N with tert-alkyl or cyclic N) is 1. The van der Waals surface area contributed by atoms with Gasteiger partial charge < -0.3 is 19.6 Å². The highest BCUT2D eigenvalue weighted by molar-refractivity contribution is 5.68. The van der Waals surface area contributed by atoms with E-state index in [2.05, 4.69) is 12.0 Å². The molecule has 1 amide bonds. The lowest BCUT2D eigenvalue weighted by atomic mass is 9.98. The van der Waals surface area contributed by atoms with Crippen LogP contribution in [0.3, 0.4) is 0 Å². The average Bonchev–Trinajstić information content (AvgIpc) is 2.81. The Morgan fingerprint density at radius 3 is 2.38 bits per heavy atom. The molecule has 0 aromatic rings. The summed E-state index contributed by atoms with van der Waals surface area (Å²) in [4.78, 5) is 15.7. The Hall–Kier alpha value is -1.41. The number of hydrogen-bond acceptors (Lipinski definition) is 4. The molecule has 1 unspecified atom stereocenters. The normalized spacial score (nSPS) is 23.7. The van der Waals surface area contributed by atoms with Crippen molar-refractivity contribution in [2.75, 3.05) is 26.2 Å². The molecule has 118 valence electrons. The number of amides is 1. The molecule has 21 heavy (non-hydrogen) atoms. The van der Waals surface area contributed by atoms with Crippen molar-refractivity contribution in [1.82, 2.24) is 9.80 Å². The minimum absolute atomic E-state index is 0.225. The van der Waals surface area contributed by atoms with Crippen LogP contribution in [-0.4, -0.2) is 58.9 Å². The van der Waals surface area contributed by atoms with Gasteiger partial charge in [0.2, 0.25) is 0 Å². The van der Waals surface area contributed by atoms with Crippen molar-refractivity contribution in [3.05, 3.63) is 0 Å². The third kappa shape index (κ3) is 5.13. The first-order chi connectivity index (χ1) is 9.83. The zero-order valence-corrected chi connectivity index (χ0v) is 13.3. The van der Waals surface area contributed by atoms with E-state index in [0.29, 0.717) is 25.6 Å². The molecule has 0 aromatic heterocycles. The van der Waals surface area contributed by atoms with Gasteiger partial charge >= 0.3 is 6.09 Å². The minimum atomic E-state index is -0.440. The fourth-order valence-electron chi connectivity index (χ4n) is 2.56. The van der Waals surface area contributed by atoms with E-state index in [1.807, 2.05) is 25.7 Å². The lowest BCUT2D eigenvalue weighted by Crippen LogP contribution is -2.41. The molecule has 2 rings (SSSR count). The number of rotatable bonds is 0. The summed E-state index contributed by atoms with van der Waals surface area (Å²) in [5.74, 6) is 3.61. The summed E-state index contributed by atoms with van der Waals surface area (Å²) >= 11 is 0. The fraction of sp³-hybridized carbons (Fsp3) is 0.812. The molecular formula is C16H26N2O3. The molecular weight excluding hydrogens is 268 g/mol. The van der Waals surface area contributed by atoms with Crippen molar-refractivity contribution in [2.45, 2.75) is 51.7 Å². The number of aliphatic hydroxyl groups is 1. The lowest BCUT2D eigenvalue weighted by molar-refractivity contribution is 0.0199. The number of aliphatic hydroxyl groups excluding tert-OH is 1. The van der Waals surface area contributed by atoms with Gasteiger partial charge in [-0.2, -0.15) is 0 Å². The fourth-order valence-corrected chi connectivity index (χ4v) is 2.56. The van der Waals surface area contributed by atoms with Gasteiger partial charge in [-0.25, -0.2) is 4.79 Å². The second-order valence-corrected chi connectivity index (χ2v) is 6.89. The van der Waals surface area contributed by atoms with Crippen LogP contribution in [-0.2, 0) is 4.74 Å². The Balaban J connectivity index is 1.76. The summed E-state index contributed by atoms with van der Waals surface area (Å²) in [5, 5.41) is 9.46. The number of likely N-dealkylation sites (tertiary alicyclic amines) is 2. The molecule has 0 radical (unpaired) electrons. The van der Waals surface area contributed by atoms with Gasteiger partial charge in [0.1, 0.15) is 5.60 Å². The number of carbonyl (C=O) groups is 1. The van der Waals surface area contributed by atoms with E-state index >= 15 is 0 Å². The van der Waals surface area contributed by atoms with Crippen LogP contribution < -0.4 is 0 Å². The third-order valence-corrected chi connectivity index (χ3v) is 3.74. The summed E-state index contributed by atoms with van der Waals surface area (Å²) in [6, 6.07) is 3.15. The zero-order chi connectivity index (χ0) is 15.5. The van der Waals surface area contributed by atoms with Crippen LogP contribution in [0.15, 0.2) is 0 Å². The van der Waals surface area contributed by atoms with Crippen molar-refractivity contribution in [2.24, 2.45) is 5.92 Å². The monoisotopic (exact) mass is 294 g/mol. The van der Waals surface area contributed by atoms with Crippen molar-refractivity contribution in [3.8, 4) is 12.0 Å². The quantitative estimate of drug-likeness (QED) is 0.690. The van der Waals surface area contributed by atoms with E-state index in [4.69, 9.17) is 4.74 Å². The molecule has 2 heterocycles. The van der Waals surface area contributed by atoms with Crippen molar-refractivity contribution < 1.29 is 14.6 Å². The summed E-state index contributed by atoms with van der Waals surface area (Å²) in [6.07, 6.45) is 2.14. The van der Waals surface area contributed by atoms with Crippen molar-refractivity contribution in [3.63, 3.8) is 0 Å². The molecule has 2 aliphatic rings. The zero-order valence-electron chi connectivity index (χ0n) is 13.3. The van der Waals surface area contributed by atoms with Crippen LogP contribution in [0.2, 0.25) is 0 Å². The molecule has 5 nitrogen and oxygen atoms in total. The highest BCUT2D eigenvalue weighted by Crippen LogP contribution is 2.19. The summed E-state index contributed by atoms with van der Waals surface area (Å²) in [7, 11) is 0. The Kier molecular flexibility index (Phi) is 5.00. The van der Waals surface area contributed by atoms with Gasteiger partial charge in [-0.15, -0.1) is 0 Å². The largest absolute Gasteiger partial charge is 0.444 e. The van der Waals surface area contributed by atoms with Gasteiger partial charge in [-0.1, -0.05) is 5.92 Å². The predicted octanol–water partition coefficient (Wildman–Crippen LogP) is 1.66. The minimum Gasteiger partial charge on any atom is -0.444 e. The first-order valence-corrected chi connectivity index (χ1v) is 7.75. The van der Waals surface area contributed by atoms with Gasteiger partial charge in [-0.05, 0) is 40.0 Å². The van der Waals surface area contributed by atoms with E-state index in [9.17, 15) is 9.90 Å². The molecule has 1 atom stereocenters. The SMILES string of the molecule is CC(C)(C)OC(=O)N1CCC(C#CN2CCC(O)C2)CC1. The molecule has 2 aliphatic heterocycles. The first kappa shape index (κ1) is 16.0. The number of carbonyl (C=O) groups excluding carboxylic acids is 1. The van der Waals surface area contributed by atoms with Crippen molar-refractivity contribution >= 4 is 6.09 Å². The maximum Gasteiger partial charge on any atom is 0.410 e. The molecule has 0 bridgehead atoms. The maximum atomic E-state index is 12.0. The van der Waals surface area contributed by atoms with Crippen LogP contribution in [0.25, 0.3) is 0 Å². The molecule has 0 spiro atoms. The molecule has 2 saturated heterocycles. The summed E-state index contributed by atoms with van der Waals surface area (Å²) in [5.41, 5.74) is -0.440. The highest BCUT2D eigenvalue weighted by Gasteiger charge is 2.26. The number of ether oxygens (including phenoxy) is 1. The third-order valence-electron chi connectivity index (χ3n) is 3.74. The molecule has 0 saturated carbocycles. The van der Waals surface area contributed by atoms with Crippen LogP contribution in [0.1, 0.15) is 40.0 Å². The highest BCUT2D eigenvalue weighted by atomic mass is 16.6. The number of hydrogen-bond donors (Lipinski definition) is 1. The number of nitrogens with zero attached hydrogens (tertiary/aromatic N) is 2. The molecule has 5 heteroatoms. The Morgan fingerprint density at radius 2 is 1.86 bits per heavy atom. The Labute approximate surface area is 127 Å².